The van der Waals surface area contributed by atoms with E-state index in [1.807, 2.05) is 60.8 Å². The maximum atomic E-state index is 12.6. The van der Waals surface area contributed by atoms with Crippen molar-refractivity contribution in [2.45, 2.75) is 26.3 Å². The first-order valence-corrected chi connectivity index (χ1v) is 9.83. The van der Waals surface area contributed by atoms with Crippen molar-refractivity contribution in [1.82, 2.24) is 5.32 Å². The first-order chi connectivity index (χ1) is 13.5. The summed E-state index contributed by atoms with van der Waals surface area (Å²) in [6.07, 6.45) is 0.138. The minimum absolute atomic E-state index is 0.138. The van der Waals surface area contributed by atoms with E-state index in [1.165, 1.54) is 18.3 Å². The van der Waals surface area contributed by atoms with Gasteiger partial charge in [0, 0.05) is 11.8 Å². The third kappa shape index (κ3) is 5.44. The molecule has 3 rings (SSSR count). The van der Waals surface area contributed by atoms with Crippen LogP contribution in [0.3, 0.4) is 0 Å². The topological polar surface area (TPSA) is 67.4 Å². The number of ether oxygens (including phenoxy) is 1. The van der Waals surface area contributed by atoms with Crippen LogP contribution in [0.5, 0.6) is 11.5 Å². The van der Waals surface area contributed by atoms with Gasteiger partial charge in [0.05, 0.1) is 18.2 Å². The molecule has 1 atom stereocenters. The van der Waals surface area contributed by atoms with E-state index in [4.69, 9.17) is 4.74 Å². The van der Waals surface area contributed by atoms with Crippen LogP contribution in [0.2, 0.25) is 0 Å². The molecule has 3 aromatic rings. The monoisotopic (exact) mass is 394 g/mol. The van der Waals surface area contributed by atoms with E-state index in [-0.39, 0.29) is 24.3 Å². The van der Waals surface area contributed by atoms with E-state index in [1.54, 1.807) is 12.1 Å². The third-order valence-corrected chi connectivity index (χ3v) is 5.05. The molecule has 5 nitrogen and oxygen atoms in total. The van der Waals surface area contributed by atoms with Gasteiger partial charge in [-0.2, -0.15) is 0 Å². The van der Waals surface area contributed by atoms with Crippen molar-refractivity contribution in [3.8, 4) is 11.5 Å². The summed E-state index contributed by atoms with van der Waals surface area (Å²) in [5, 5.41) is 7.66. The fraction of sp³-hybridized carbons (Fsp3) is 0.182. The van der Waals surface area contributed by atoms with Crippen molar-refractivity contribution in [1.29, 1.82) is 0 Å². The molecule has 0 aliphatic carbocycles. The highest BCUT2D eigenvalue weighted by atomic mass is 32.1. The van der Waals surface area contributed by atoms with Gasteiger partial charge in [-0.3, -0.25) is 9.59 Å². The Morgan fingerprint density at radius 2 is 1.79 bits per heavy atom. The Hall–Kier alpha value is -3.12. The highest BCUT2D eigenvalue weighted by Crippen LogP contribution is 2.30. The van der Waals surface area contributed by atoms with Crippen molar-refractivity contribution in [2.24, 2.45) is 0 Å². The normalized spacial score (nSPS) is 11.5. The molecule has 2 amide bonds. The summed E-state index contributed by atoms with van der Waals surface area (Å²) in [6.45, 7) is 3.46. The molecule has 1 aromatic heterocycles. The standard InChI is InChI=1S/C22H22N2O3S/c1-15-9-11-17(12-10-15)27-20-7-4-3-6-18(20)24-22(26)14-19(23-16(2)25)21-8-5-13-28-21/h3-13,19H,14H2,1-2H3,(H,23,25)(H,24,26). The summed E-state index contributed by atoms with van der Waals surface area (Å²) in [4.78, 5) is 25.1. The largest absolute Gasteiger partial charge is 0.455 e. The minimum atomic E-state index is -0.359. The second-order valence-corrected chi connectivity index (χ2v) is 7.41. The van der Waals surface area contributed by atoms with Gasteiger partial charge in [0.1, 0.15) is 5.75 Å². The lowest BCUT2D eigenvalue weighted by molar-refractivity contribution is -0.120. The second-order valence-electron chi connectivity index (χ2n) is 6.43. The Balaban J connectivity index is 1.71. The number of para-hydroxylation sites is 2. The fourth-order valence-electron chi connectivity index (χ4n) is 2.74. The zero-order valence-electron chi connectivity index (χ0n) is 15.8. The number of amides is 2. The summed E-state index contributed by atoms with van der Waals surface area (Å²) in [7, 11) is 0. The molecule has 6 heteroatoms. The maximum Gasteiger partial charge on any atom is 0.226 e. The van der Waals surface area contributed by atoms with Crippen molar-refractivity contribution in [2.75, 3.05) is 5.32 Å². The smallest absolute Gasteiger partial charge is 0.226 e. The van der Waals surface area contributed by atoms with E-state index in [0.717, 1.165) is 10.4 Å². The molecule has 1 unspecified atom stereocenters. The highest BCUT2D eigenvalue weighted by molar-refractivity contribution is 7.10. The number of hydrogen-bond donors (Lipinski definition) is 2. The van der Waals surface area contributed by atoms with Crippen molar-refractivity contribution >= 4 is 28.8 Å². The first kappa shape index (κ1) is 19.6. The molecule has 0 bridgehead atoms. The van der Waals surface area contributed by atoms with E-state index in [2.05, 4.69) is 10.6 Å². The summed E-state index contributed by atoms with van der Waals surface area (Å²) < 4.78 is 5.92. The SMILES string of the molecule is CC(=O)NC(CC(=O)Nc1ccccc1Oc1ccc(C)cc1)c1cccs1. The number of rotatable bonds is 7. The molecule has 0 aliphatic rings. The Kier molecular flexibility index (Phi) is 6.45. The predicted molar refractivity (Wildman–Crippen MR) is 112 cm³/mol. The number of benzene rings is 2. The van der Waals surface area contributed by atoms with Crippen molar-refractivity contribution < 1.29 is 14.3 Å². The van der Waals surface area contributed by atoms with Crippen LogP contribution in [0.4, 0.5) is 5.69 Å². The van der Waals surface area contributed by atoms with E-state index >= 15 is 0 Å². The molecule has 28 heavy (non-hydrogen) atoms. The summed E-state index contributed by atoms with van der Waals surface area (Å²) in [6, 6.07) is 18.4. The number of hydrogen-bond acceptors (Lipinski definition) is 4. The van der Waals surface area contributed by atoms with Crippen LogP contribution in [0.1, 0.15) is 29.8 Å². The molecule has 0 fully saturated rings. The molecule has 0 radical (unpaired) electrons. The molecule has 1 heterocycles. The quantitative estimate of drug-likeness (QED) is 0.589. The Labute approximate surface area is 168 Å². The summed E-state index contributed by atoms with van der Waals surface area (Å²) >= 11 is 1.51. The van der Waals surface area contributed by atoms with Crippen molar-refractivity contribution in [3.63, 3.8) is 0 Å². The Bertz CT molecular complexity index is 937. The van der Waals surface area contributed by atoms with Gasteiger partial charge >= 0.3 is 0 Å². The minimum Gasteiger partial charge on any atom is -0.455 e. The van der Waals surface area contributed by atoms with Gasteiger partial charge in [-0.15, -0.1) is 11.3 Å². The van der Waals surface area contributed by atoms with Gasteiger partial charge in [-0.05, 0) is 42.6 Å². The lowest BCUT2D eigenvalue weighted by Crippen LogP contribution is -2.29. The van der Waals surface area contributed by atoms with Gasteiger partial charge in [0.15, 0.2) is 5.75 Å². The predicted octanol–water partition coefficient (Wildman–Crippen LogP) is 5.05. The van der Waals surface area contributed by atoms with E-state index < -0.39 is 0 Å². The Morgan fingerprint density at radius 1 is 1.04 bits per heavy atom. The highest BCUT2D eigenvalue weighted by Gasteiger charge is 2.19. The van der Waals surface area contributed by atoms with Crippen LogP contribution in [0, 0.1) is 6.92 Å². The molecule has 2 aromatic carbocycles. The van der Waals surface area contributed by atoms with Crippen LogP contribution in [0.15, 0.2) is 66.0 Å². The van der Waals surface area contributed by atoms with Crippen LogP contribution in [-0.4, -0.2) is 11.8 Å². The molecular formula is C22H22N2O3S. The molecule has 2 N–H and O–H groups in total. The third-order valence-electron chi connectivity index (χ3n) is 4.06. The molecule has 0 aliphatic heterocycles. The lowest BCUT2D eigenvalue weighted by atomic mass is 10.1. The Morgan fingerprint density at radius 3 is 2.46 bits per heavy atom. The maximum absolute atomic E-state index is 12.6. The number of nitrogens with one attached hydrogen (secondary N) is 2. The van der Waals surface area contributed by atoms with E-state index in [9.17, 15) is 9.59 Å². The molecule has 0 saturated carbocycles. The number of carbonyl (C=O) groups excluding carboxylic acids is 2. The van der Waals surface area contributed by atoms with Gasteiger partial charge in [0.2, 0.25) is 11.8 Å². The fourth-order valence-corrected chi connectivity index (χ4v) is 3.51. The lowest BCUT2D eigenvalue weighted by Gasteiger charge is -2.17. The molecular weight excluding hydrogens is 372 g/mol. The second kappa shape index (κ2) is 9.19. The van der Waals surface area contributed by atoms with E-state index in [0.29, 0.717) is 17.2 Å². The zero-order chi connectivity index (χ0) is 19.9. The zero-order valence-corrected chi connectivity index (χ0v) is 16.6. The van der Waals surface area contributed by atoms with Crippen LogP contribution in [-0.2, 0) is 9.59 Å². The van der Waals surface area contributed by atoms with Gasteiger partial charge < -0.3 is 15.4 Å². The van der Waals surface area contributed by atoms with Gasteiger partial charge in [0.25, 0.3) is 0 Å². The van der Waals surface area contributed by atoms with Gasteiger partial charge in [-0.25, -0.2) is 0 Å². The van der Waals surface area contributed by atoms with Crippen LogP contribution in [0.25, 0.3) is 0 Å². The molecule has 0 saturated heterocycles. The average Bonchev–Trinajstić information content (AvgIpc) is 3.19. The molecule has 144 valence electrons. The number of anilines is 1. The number of thiophene rings is 1. The van der Waals surface area contributed by atoms with Crippen LogP contribution < -0.4 is 15.4 Å². The number of aryl methyl sites for hydroxylation is 1. The summed E-state index contributed by atoms with van der Waals surface area (Å²) in [5.41, 5.74) is 1.73. The summed E-state index contributed by atoms with van der Waals surface area (Å²) in [5.74, 6) is 0.885. The van der Waals surface area contributed by atoms with Gasteiger partial charge in [-0.1, -0.05) is 35.9 Å². The van der Waals surface area contributed by atoms with Crippen molar-refractivity contribution in [3.05, 3.63) is 76.5 Å². The molecule has 0 spiro atoms. The average molecular weight is 394 g/mol. The van der Waals surface area contributed by atoms with Crippen LogP contribution >= 0.6 is 11.3 Å². The first-order valence-electron chi connectivity index (χ1n) is 8.95. The number of carbonyl (C=O) groups is 2.